The molecule has 5 nitrogen and oxygen atoms in total. The second-order valence-electron chi connectivity index (χ2n) is 3.94. The summed E-state index contributed by atoms with van der Waals surface area (Å²) in [6.45, 7) is 6.05. The minimum absolute atomic E-state index is 0.460. The molecule has 3 N–H and O–H groups in total. The fourth-order valence-corrected chi connectivity index (χ4v) is 1.52. The predicted octanol–water partition coefficient (Wildman–Crippen LogP) is 1.57. The summed E-state index contributed by atoms with van der Waals surface area (Å²) in [6.07, 6.45) is 0. The molecule has 1 aromatic heterocycles. The third-order valence-electron chi connectivity index (χ3n) is 2.34. The number of rotatable bonds is 5. The van der Waals surface area contributed by atoms with Crippen molar-refractivity contribution in [2.75, 3.05) is 31.2 Å². The van der Waals surface area contributed by atoms with Crippen molar-refractivity contribution in [3.05, 3.63) is 10.7 Å². The van der Waals surface area contributed by atoms with Crippen LogP contribution < -0.4 is 11.1 Å². The molecule has 0 aliphatic rings. The van der Waals surface area contributed by atoms with Gasteiger partial charge in [-0.05, 0) is 36.8 Å². The Labute approximate surface area is 105 Å². The van der Waals surface area contributed by atoms with E-state index in [1.54, 1.807) is 6.07 Å². The second-order valence-corrected chi connectivity index (χ2v) is 4.75. The Morgan fingerprint density at radius 2 is 2.19 bits per heavy atom. The van der Waals surface area contributed by atoms with Gasteiger partial charge < -0.3 is 16.0 Å². The van der Waals surface area contributed by atoms with Crippen LogP contribution in [-0.2, 0) is 0 Å². The zero-order chi connectivity index (χ0) is 12.1. The van der Waals surface area contributed by atoms with Gasteiger partial charge in [-0.25, -0.2) is 4.98 Å². The van der Waals surface area contributed by atoms with E-state index in [4.69, 9.17) is 5.73 Å². The third-order valence-corrected chi connectivity index (χ3v) is 2.75. The van der Waals surface area contributed by atoms with Crippen LogP contribution in [0.5, 0.6) is 0 Å². The monoisotopic (exact) mass is 287 g/mol. The van der Waals surface area contributed by atoms with Gasteiger partial charge in [0.15, 0.2) is 0 Å². The van der Waals surface area contributed by atoms with Gasteiger partial charge in [0.2, 0.25) is 5.95 Å². The van der Waals surface area contributed by atoms with Gasteiger partial charge >= 0.3 is 0 Å². The molecule has 0 aliphatic heterocycles. The van der Waals surface area contributed by atoms with Crippen LogP contribution in [0.2, 0.25) is 0 Å². The van der Waals surface area contributed by atoms with Gasteiger partial charge in [0, 0.05) is 25.2 Å². The number of aromatic nitrogens is 2. The average molecular weight is 288 g/mol. The summed E-state index contributed by atoms with van der Waals surface area (Å²) < 4.78 is 0.694. The van der Waals surface area contributed by atoms with Crippen LogP contribution in [0.25, 0.3) is 0 Å². The van der Waals surface area contributed by atoms with E-state index in [9.17, 15) is 0 Å². The van der Waals surface area contributed by atoms with Crippen molar-refractivity contribution in [1.82, 2.24) is 14.9 Å². The molecule has 0 saturated heterocycles. The van der Waals surface area contributed by atoms with Crippen molar-refractivity contribution in [2.24, 2.45) is 0 Å². The molecule has 1 aromatic rings. The molecule has 0 fully saturated rings. The van der Waals surface area contributed by atoms with Gasteiger partial charge in [0.1, 0.15) is 10.4 Å². The van der Waals surface area contributed by atoms with E-state index in [1.165, 1.54) is 0 Å². The molecule has 6 heteroatoms. The molecule has 16 heavy (non-hydrogen) atoms. The largest absolute Gasteiger partial charge is 0.383 e. The number of hydrogen-bond acceptors (Lipinski definition) is 5. The summed E-state index contributed by atoms with van der Waals surface area (Å²) >= 11 is 3.28. The van der Waals surface area contributed by atoms with E-state index in [-0.39, 0.29) is 0 Å². The molecule has 1 rings (SSSR count). The van der Waals surface area contributed by atoms with Crippen molar-refractivity contribution in [2.45, 2.75) is 19.9 Å². The van der Waals surface area contributed by atoms with Crippen LogP contribution >= 0.6 is 15.9 Å². The van der Waals surface area contributed by atoms with Crippen LogP contribution in [0.3, 0.4) is 0 Å². The topological polar surface area (TPSA) is 67.1 Å². The van der Waals surface area contributed by atoms with Crippen molar-refractivity contribution in [1.29, 1.82) is 0 Å². The quantitative estimate of drug-likeness (QED) is 0.805. The lowest BCUT2D eigenvalue weighted by Crippen LogP contribution is -2.31. The van der Waals surface area contributed by atoms with Crippen LogP contribution in [-0.4, -0.2) is 41.0 Å². The smallest absolute Gasteiger partial charge is 0.225 e. The van der Waals surface area contributed by atoms with E-state index in [0.29, 0.717) is 22.4 Å². The highest BCUT2D eigenvalue weighted by atomic mass is 79.9. The van der Waals surface area contributed by atoms with Gasteiger partial charge in [-0.1, -0.05) is 0 Å². The lowest BCUT2D eigenvalue weighted by molar-refractivity contribution is 0.284. The number of nitrogens with zero attached hydrogens (tertiary/aromatic N) is 3. The van der Waals surface area contributed by atoms with Gasteiger partial charge in [-0.15, -0.1) is 0 Å². The molecule has 0 spiro atoms. The molecule has 0 aromatic carbocycles. The number of halogens is 1. The number of likely N-dealkylation sites (N-methyl/N-ethyl adjacent to an activating group) is 1. The first-order valence-electron chi connectivity index (χ1n) is 5.23. The Bertz CT molecular complexity index is 322. The highest BCUT2D eigenvalue weighted by molar-refractivity contribution is 9.10. The standard InChI is InChI=1S/C10H18BrN5/c1-7(2)16(3)5-4-13-10-14-8(11)6-9(12)15-10/h6-7H,4-5H2,1-3H3,(H3,12,13,14,15). The molecule has 1 heterocycles. The molecule has 90 valence electrons. The SMILES string of the molecule is CC(C)N(C)CCNc1nc(N)cc(Br)n1. The molecular formula is C10H18BrN5. The van der Waals surface area contributed by atoms with Gasteiger partial charge in [0.25, 0.3) is 0 Å². The fraction of sp³-hybridized carbons (Fsp3) is 0.600. The maximum absolute atomic E-state index is 5.61. The third kappa shape index (κ3) is 4.32. The van der Waals surface area contributed by atoms with E-state index < -0.39 is 0 Å². The summed E-state index contributed by atoms with van der Waals surface area (Å²) in [4.78, 5) is 10.5. The zero-order valence-electron chi connectivity index (χ0n) is 9.87. The first kappa shape index (κ1) is 13.2. The van der Waals surface area contributed by atoms with Gasteiger partial charge in [0.05, 0.1) is 0 Å². The lowest BCUT2D eigenvalue weighted by atomic mass is 10.3. The molecule has 0 amide bonds. The van der Waals surface area contributed by atoms with E-state index >= 15 is 0 Å². The Morgan fingerprint density at radius 3 is 2.75 bits per heavy atom. The first-order valence-corrected chi connectivity index (χ1v) is 6.02. The van der Waals surface area contributed by atoms with E-state index in [1.807, 2.05) is 0 Å². The minimum atomic E-state index is 0.460. The van der Waals surface area contributed by atoms with E-state index in [2.05, 4.69) is 57.0 Å². The second kappa shape index (κ2) is 6.00. The molecule has 0 radical (unpaired) electrons. The Kier molecular flexibility index (Phi) is 4.95. The maximum Gasteiger partial charge on any atom is 0.225 e. The van der Waals surface area contributed by atoms with Crippen molar-refractivity contribution in [3.8, 4) is 0 Å². The van der Waals surface area contributed by atoms with Crippen LogP contribution in [0, 0.1) is 0 Å². The summed E-state index contributed by atoms with van der Waals surface area (Å²) in [7, 11) is 2.09. The number of anilines is 2. The van der Waals surface area contributed by atoms with Crippen molar-refractivity contribution in [3.63, 3.8) is 0 Å². The number of nitrogen functional groups attached to an aromatic ring is 1. The minimum Gasteiger partial charge on any atom is -0.383 e. The highest BCUT2D eigenvalue weighted by Gasteiger charge is 2.03. The number of nitrogens with one attached hydrogen (secondary N) is 1. The summed E-state index contributed by atoms with van der Waals surface area (Å²) in [5.41, 5.74) is 5.61. The summed E-state index contributed by atoms with van der Waals surface area (Å²) in [5, 5.41) is 3.14. The summed E-state index contributed by atoms with van der Waals surface area (Å²) in [6, 6.07) is 2.21. The van der Waals surface area contributed by atoms with E-state index in [0.717, 1.165) is 13.1 Å². The van der Waals surface area contributed by atoms with Crippen LogP contribution in [0.4, 0.5) is 11.8 Å². The number of nitrogens with two attached hydrogens (primary N) is 1. The summed E-state index contributed by atoms with van der Waals surface area (Å²) in [5.74, 6) is 1.02. The fourth-order valence-electron chi connectivity index (χ4n) is 1.12. The zero-order valence-corrected chi connectivity index (χ0v) is 11.5. The average Bonchev–Trinajstić information content (AvgIpc) is 2.15. The van der Waals surface area contributed by atoms with Crippen LogP contribution in [0.15, 0.2) is 10.7 Å². The lowest BCUT2D eigenvalue weighted by Gasteiger charge is -2.20. The van der Waals surface area contributed by atoms with Gasteiger partial charge in [-0.3, -0.25) is 0 Å². The molecule has 0 aliphatic carbocycles. The van der Waals surface area contributed by atoms with Gasteiger partial charge in [-0.2, -0.15) is 4.98 Å². The number of hydrogen-bond donors (Lipinski definition) is 2. The maximum atomic E-state index is 5.61. The molecule has 0 unspecified atom stereocenters. The Morgan fingerprint density at radius 1 is 1.50 bits per heavy atom. The Hall–Kier alpha value is -0.880. The predicted molar refractivity (Wildman–Crippen MR) is 70.4 cm³/mol. The molecular weight excluding hydrogens is 270 g/mol. The molecule has 0 saturated carbocycles. The Balaban J connectivity index is 2.43. The molecule has 0 bridgehead atoms. The highest BCUT2D eigenvalue weighted by Crippen LogP contribution is 2.11. The normalized spacial score (nSPS) is 11.1. The molecule has 0 atom stereocenters. The van der Waals surface area contributed by atoms with Crippen molar-refractivity contribution >= 4 is 27.7 Å². The van der Waals surface area contributed by atoms with Crippen LogP contribution in [0.1, 0.15) is 13.8 Å². The van der Waals surface area contributed by atoms with Crippen molar-refractivity contribution < 1.29 is 0 Å². The first-order chi connectivity index (χ1) is 7.49.